The summed E-state index contributed by atoms with van der Waals surface area (Å²) in [7, 11) is 1.56. The molecule has 2 aromatic carbocycles. The Morgan fingerprint density at radius 1 is 1.03 bits per heavy atom. The number of nitrogens with zero attached hydrogens (tertiary/aromatic N) is 3. The van der Waals surface area contributed by atoms with Crippen molar-refractivity contribution in [1.29, 1.82) is 0 Å². The minimum Gasteiger partial charge on any atom is -0.497 e. The largest absolute Gasteiger partial charge is 0.497 e. The topological polar surface area (TPSA) is 115 Å². The maximum Gasteiger partial charge on any atom is 0.410 e. The van der Waals surface area contributed by atoms with Gasteiger partial charge < -0.3 is 20.1 Å². The molecule has 0 radical (unpaired) electrons. The van der Waals surface area contributed by atoms with Crippen molar-refractivity contribution in [3.05, 3.63) is 77.5 Å². The second kappa shape index (κ2) is 12.0. The number of methoxy groups -OCH3 is 1. The highest BCUT2D eigenvalue weighted by atomic mass is 16.6. The van der Waals surface area contributed by atoms with Crippen LogP contribution in [0.4, 0.5) is 10.6 Å². The third kappa shape index (κ3) is 6.22. The molecule has 3 amide bonds. The highest BCUT2D eigenvalue weighted by molar-refractivity contribution is 5.98. The van der Waals surface area contributed by atoms with Gasteiger partial charge in [0.15, 0.2) is 5.82 Å². The summed E-state index contributed by atoms with van der Waals surface area (Å²) < 4.78 is 12.6. The molecule has 204 valence electrons. The van der Waals surface area contributed by atoms with E-state index in [4.69, 9.17) is 9.47 Å². The van der Waals surface area contributed by atoms with Gasteiger partial charge in [-0.2, -0.15) is 5.10 Å². The van der Waals surface area contributed by atoms with Crippen molar-refractivity contribution in [2.24, 2.45) is 0 Å². The summed E-state index contributed by atoms with van der Waals surface area (Å²) >= 11 is 0. The fourth-order valence-corrected chi connectivity index (χ4v) is 5.07. The van der Waals surface area contributed by atoms with Crippen molar-refractivity contribution < 1.29 is 23.9 Å². The van der Waals surface area contributed by atoms with Crippen molar-refractivity contribution in [2.45, 2.75) is 57.3 Å². The van der Waals surface area contributed by atoms with Crippen molar-refractivity contribution in [1.82, 2.24) is 20.0 Å². The zero-order valence-corrected chi connectivity index (χ0v) is 22.0. The molecule has 0 bridgehead atoms. The number of likely N-dealkylation sites (tertiary alicyclic amines) is 1. The van der Waals surface area contributed by atoms with Gasteiger partial charge >= 0.3 is 6.09 Å². The molecule has 0 unspecified atom stereocenters. The van der Waals surface area contributed by atoms with Crippen LogP contribution < -0.4 is 15.4 Å². The third-order valence-corrected chi connectivity index (χ3v) is 7.16. The molecule has 10 heteroatoms. The van der Waals surface area contributed by atoms with E-state index in [1.54, 1.807) is 31.4 Å². The highest BCUT2D eigenvalue weighted by Gasteiger charge is 2.37. The molecule has 0 saturated carbocycles. The minimum absolute atomic E-state index is 0.121. The van der Waals surface area contributed by atoms with Crippen LogP contribution in [0.15, 0.2) is 60.7 Å². The Labute approximate surface area is 227 Å². The Bertz CT molecular complexity index is 1280. The Balaban J connectivity index is 1.29. The molecule has 5 rings (SSSR count). The summed E-state index contributed by atoms with van der Waals surface area (Å²) in [5, 5.41) is 10.3. The lowest BCUT2D eigenvalue weighted by atomic mass is 10.0. The summed E-state index contributed by atoms with van der Waals surface area (Å²) in [6.07, 6.45) is 3.66. The van der Waals surface area contributed by atoms with Gasteiger partial charge in [0.25, 0.3) is 5.91 Å². The van der Waals surface area contributed by atoms with Gasteiger partial charge in [0.2, 0.25) is 5.91 Å². The number of fused-ring (bicyclic) bond motifs is 1. The van der Waals surface area contributed by atoms with Crippen LogP contribution in [-0.4, -0.2) is 52.3 Å². The molecule has 0 spiro atoms. The number of amides is 3. The second-order valence-corrected chi connectivity index (χ2v) is 9.80. The van der Waals surface area contributed by atoms with Gasteiger partial charge in [0.1, 0.15) is 24.4 Å². The fraction of sp³-hybridized carbons (Fsp3) is 0.379. The van der Waals surface area contributed by atoms with E-state index < -0.39 is 30.0 Å². The summed E-state index contributed by atoms with van der Waals surface area (Å²) in [4.78, 5) is 41.3. The van der Waals surface area contributed by atoms with Crippen molar-refractivity contribution >= 4 is 23.7 Å². The fourth-order valence-electron chi connectivity index (χ4n) is 5.07. The van der Waals surface area contributed by atoms with Crippen LogP contribution in [0.1, 0.15) is 48.5 Å². The van der Waals surface area contributed by atoms with Crippen LogP contribution in [-0.2, 0) is 33.9 Å². The number of hydrogen-bond acceptors (Lipinski definition) is 6. The Morgan fingerprint density at radius 3 is 2.56 bits per heavy atom. The van der Waals surface area contributed by atoms with Crippen molar-refractivity contribution in [2.75, 3.05) is 19.0 Å². The van der Waals surface area contributed by atoms with Gasteiger partial charge in [-0.1, -0.05) is 42.5 Å². The smallest absolute Gasteiger partial charge is 0.410 e. The Kier molecular flexibility index (Phi) is 8.10. The summed E-state index contributed by atoms with van der Waals surface area (Å²) in [5.74, 6) is 0.259. The average molecular weight is 532 g/mol. The first-order valence-corrected chi connectivity index (χ1v) is 13.3. The number of carbonyl (C=O) groups excluding carboxylic acids is 3. The van der Waals surface area contributed by atoms with E-state index in [0.717, 1.165) is 37.1 Å². The molecule has 1 saturated heterocycles. The van der Waals surface area contributed by atoms with Crippen LogP contribution in [0.25, 0.3) is 0 Å². The molecule has 10 nitrogen and oxygen atoms in total. The standard InChI is InChI=1S/C29H33N5O5/c1-38-23-14-12-21(13-15-23)26(28(36)30-25-18-22-10-5-6-17-34(22)32-25)31-27(35)24-11-7-16-33(24)29(37)39-19-20-8-3-2-4-9-20/h2-4,8-9,12-15,18,24,26H,5-7,10-11,16-17,19H2,1H3,(H,31,35)(H,30,32,36)/t24-,26-/m0/s1. The zero-order valence-electron chi connectivity index (χ0n) is 22.0. The average Bonchev–Trinajstić information content (AvgIpc) is 3.62. The third-order valence-electron chi connectivity index (χ3n) is 7.16. The van der Waals surface area contributed by atoms with Gasteiger partial charge in [-0.3, -0.25) is 19.2 Å². The van der Waals surface area contributed by atoms with Gasteiger partial charge in [0.05, 0.1) is 7.11 Å². The van der Waals surface area contributed by atoms with Crippen LogP contribution >= 0.6 is 0 Å². The van der Waals surface area contributed by atoms with E-state index in [-0.39, 0.29) is 6.61 Å². The maximum atomic E-state index is 13.5. The molecule has 3 aromatic rings. The van der Waals surface area contributed by atoms with E-state index in [2.05, 4.69) is 15.7 Å². The molecule has 1 fully saturated rings. The predicted molar refractivity (Wildman–Crippen MR) is 144 cm³/mol. The summed E-state index contributed by atoms with van der Waals surface area (Å²) in [6, 6.07) is 16.5. The van der Waals surface area contributed by atoms with Crippen molar-refractivity contribution in [3.8, 4) is 5.75 Å². The number of aromatic nitrogens is 2. The number of anilines is 1. The zero-order chi connectivity index (χ0) is 27.2. The lowest BCUT2D eigenvalue weighted by Crippen LogP contribution is -2.48. The molecule has 0 aliphatic carbocycles. The summed E-state index contributed by atoms with van der Waals surface area (Å²) in [6.45, 7) is 1.35. The van der Waals surface area contributed by atoms with Crippen LogP contribution in [0.5, 0.6) is 5.75 Å². The van der Waals surface area contributed by atoms with Gasteiger partial charge in [-0.05, 0) is 55.4 Å². The first-order valence-electron chi connectivity index (χ1n) is 13.3. The van der Waals surface area contributed by atoms with Crippen molar-refractivity contribution in [3.63, 3.8) is 0 Å². The van der Waals surface area contributed by atoms with Crippen LogP contribution in [0, 0.1) is 0 Å². The first kappa shape index (κ1) is 26.3. The molecule has 39 heavy (non-hydrogen) atoms. The molecule has 1 aromatic heterocycles. The van der Waals surface area contributed by atoms with E-state index >= 15 is 0 Å². The van der Waals surface area contributed by atoms with Crippen LogP contribution in [0.3, 0.4) is 0 Å². The van der Waals surface area contributed by atoms with Gasteiger partial charge in [0, 0.05) is 24.8 Å². The minimum atomic E-state index is -0.995. The highest BCUT2D eigenvalue weighted by Crippen LogP contribution is 2.24. The van der Waals surface area contributed by atoms with E-state index in [9.17, 15) is 14.4 Å². The molecule has 2 aliphatic rings. The van der Waals surface area contributed by atoms with E-state index in [1.807, 2.05) is 41.1 Å². The van der Waals surface area contributed by atoms with E-state index in [1.165, 1.54) is 4.90 Å². The molecular weight excluding hydrogens is 498 g/mol. The van der Waals surface area contributed by atoms with Gasteiger partial charge in [-0.25, -0.2) is 4.79 Å². The lowest BCUT2D eigenvalue weighted by Gasteiger charge is -2.26. The first-order chi connectivity index (χ1) is 19.0. The number of aryl methyl sites for hydroxylation is 2. The Morgan fingerprint density at radius 2 is 1.82 bits per heavy atom. The molecular formula is C29H33N5O5. The summed E-state index contributed by atoms with van der Waals surface area (Å²) in [5.41, 5.74) is 2.53. The number of ether oxygens (including phenoxy) is 2. The molecule has 2 atom stereocenters. The maximum absolute atomic E-state index is 13.5. The number of carbonyl (C=O) groups is 3. The Hall–Kier alpha value is -4.34. The molecule has 3 heterocycles. The monoisotopic (exact) mass is 531 g/mol. The number of rotatable bonds is 8. The number of nitrogens with one attached hydrogen (secondary N) is 2. The quantitative estimate of drug-likeness (QED) is 0.457. The van der Waals surface area contributed by atoms with Crippen LogP contribution in [0.2, 0.25) is 0 Å². The second-order valence-electron chi connectivity index (χ2n) is 9.80. The molecule has 2 N–H and O–H groups in total. The normalized spacial score (nSPS) is 17.2. The van der Waals surface area contributed by atoms with E-state index in [0.29, 0.717) is 36.5 Å². The predicted octanol–water partition coefficient (Wildman–Crippen LogP) is 3.83. The number of benzene rings is 2. The number of hydrogen-bond donors (Lipinski definition) is 2. The lowest BCUT2D eigenvalue weighted by molar-refractivity contribution is -0.129. The molecule has 2 aliphatic heterocycles. The van der Waals surface area contributed by atoms with Gasteiger partial charge in [-0.15, -0.1) is 0 Å². The SMILES string of the molecule is COc1ccc([C@H](NC(=O)[C@@H]2CCCN2C(=O)OCc2ccccc2)C(=O)Nc2cc3n(n2)CCCC3)cc1.